The van der Waals surface area contributed by atoms with Crippen molar-refractivity contribution >= 4 is 16.0 Å². The van der Waals surface area contributed by atoms with Gasteiger partial charge in [0.15, 0.2) is 4.75 Å². The van der Waals surface area contributed by atoms with Crippen LogP contribution in [0.5, 0.6) is 0 Å². The molecule has 1 aliphatic rings. The van der Waals surface area contributed by atoms with Gasteiger partial charge in [0.05, 0.1) is 6.61 Å². The van der Waals surface area contributed by atoms with E-state index in [4.69, 9.17) is 4.74 Å². The van der Waals surface area contributed by atoms with E-state index in [-0.39, 0.29) is 6.61 Å². The highest BCUT2D eigenvalue weighted by atomic mass is 32.2. The lowest BCUT2D eigenvalue weighted by Gasteiger charge is -2.30. The van der Waals surface area contributed by atoms with Crippen LogP contribution in [0.4, 0.5) is 0 Å². The molecule has 1 saturated heterocycles. The number of hydrogen-bond donors (Lipinski definition) is 1. The van der Waals surface area contributed by atoms with Gasteiger partial charge in [-0.15, -0.1) is 0 Å². The fourth-order valence-electron chi connectivity index (χ4n) is 1.42. The zero-order valence-corrected chi connectivity index (χ0v) is 9.19. The first-order chi connectivity index (χ1) is 6.44. The fraction of sp³-hybridized carbons (Fsp3) is 0.875. The van der Waals surface area contributed by atoms with Crippen LogP contribution in [0.1, 0.15) is 26.7 Å². The predicted molar refractivity (Wildman–Crippen MR) is 51.2 cm³/mol. The minimum atomic E-state index is -3.57. The van der Waals surface area contributed by atoms with Gasteiger partial charge >= 0.3 is 5.97 Å². The molecule has 6 heteroatoms. The molecule has 1 fully saturated rings. The standard InChI is InChI=1S/C8H15NO4S/c1-3-13-7(10)8(2)5-4-6-9-14(8,11)12/h9H,3-6H2,1-2H3. The van der Waals surface area contributed by atoms with Gasteiger partial charge in [0, 0.05) is 6.54 Å². The third-order valence-electron chi connectivity index (χ3n) is 2.42. The first kappa shape index (κ1) is 11.5. The number of rotatable bonds is 2. The Kier molecular flexibility index (Phi) is 3.16. The molecule has 1 N–H and O–H groups in total. The molecule has 0 radical (unpaired) electrons. The molecule has 0 aromatic rings. The Morgan fingerprint density at radius 1 is 1.57 bits per heavy atom. The van der Waals surface area contributed by atoms with Gasteiger partial charge in [-0.2, -0.15) is 0 Å². The summed E-state index contributed by atoms with van der Waals surface area (Å²) in [7, 11) is -3.57. The molecule has 82 valence electrons. The van der Waals surface area contributed by atoms with Crippen LogP contribution in [0.15, 0.2) is 0 Å². The normalized spacial score (nSPS) is 31.0. The largest absolute Gasteiger partial charge is 0.465 e. The summed E-state index contributed by atoms with van der Waals surface area (Å²) in [6.45, 7) is 3.66. The van der Waals surface area contributed by atoms with Crippen molar-refractivity contribution in [3.8, 4) is 0 Å². The number of carbonyl (C=O) groups excluding carboxylic acids is 1. The molecule has 0 aliphatic carbocycles. The lowest BCUT2D eigenvalue weighted by molar-refractivity contribution is -0.146. The summed E-state index contributed by atoms with van der Waals surface area (Å²) in [5.41, 5.74) is 0. The summed E-state index contributed by atoms with van der Waals surface area (Å²) >= 11 is 0. The minimum absolute atomic E-state index is 0.198. The van der Waals surface area contributed by atoms with Crippen molar-refractivity contribution in [3.05, 3.63) is 0 Å². The second-order valence-corrected chi connectivity index (χ2v) is 5.65. The lowest BCUT2D eigenvalue weighted by atomic mass is 10.0. The van der Waals surface area contributed by atoms with Crippen LogP contribution < -0.4 is 4.72 Å². The van der Waals surface area contributed by atoms with Crippen LogP contribution in [-0.4, -0.2) is 32.3 Å². The zero-order valence-electron chi connectivity index (χ0n) is 8.37. The van der Waals surface area contributed by atoms with Crippen molar-refractivity contribution in [1.29, 1.82) is 0 Å². The Morgan fingerprint density at radius 2 is 2.21 bits per heavy atom. The Morgan fingerprint density at radius 3 is 2.71 bits per heavy atom. The van der Waals surface area contributed by atoms with Crippen molar-refractivity contribution in [3.63, 3.8) is 0 Å². The van der Waals surface area contributed by atoms with Gasteiger partial charge in [0.2, 0.25) is 10.0 Å². The summed E-state index contributed by atoms with van der Waals surface area (Å²) in [5.74, 6) is -0.660. The van der Waals surface area contributed by atoms with Gasteiger partial charge < -0.3 is 4.74 Å². The predicted octanol–water partition coefficient (Wildman–Crippen LogP) is 0.0214. The highest BCUT2D eigenvalue weighted by Crippen LogP contribution is 2.27. The summed E-state index contributed by atoms with van der Waals surface area (Å²) in [6, 6.07) is 0. The molecule has 5 nitrogen and oxygen atoms in total. The van der Waals surface area contributed by atoms with Gasteiger partial charge in [-0.05, 0) is 26.7 Å². The maximum Gasteiger partial charge on any atom is 0.328 e. The lowest BCUT2D eigenvalue weighted by Crippen LogP contribution is -2.54. The van der Waals surface area contributed by atoms with Gasteiger partial charge in [-0.25, -0.2) is 13.1 Å². The second kappa shape index (κ2) is 3.86. The van der Waals surface area contributed by atoms with Gasteiger partial charge in [0.1, 0.15) is 0 Å². The van der Waals surface area contributed by atoms with Gasteiger partial charge in [-0.1, -0.05) is 0 Å². The van der Waals surface area contributed by atoms with Crippen molar-refractivity contribution in [1.82, 2.24) is 4.72 Å². The minimum Gasteiger partial charge on any atom is -0.465 e. The van der Waals surface area contributed by atoms with E-state index in [0.29, 0.717) is 19.4 Å². The average Bonchev–Trinajstić information content (AvgIpc) is 2.10. The van der Waals surface area contributed by atoms with Crippen molar-refractivity contribution in [2.24, 2.45) is 0 Å². The van der Waals surface area contributed by atoms with Crippen molar-refractivity contribution in [2.75, 3.05) is 13.2 Å². The van der Waals surface area contributed by atoms with E-state index < -0.39 is 20.7 Å². The number of nitrogens with one attached hydrogen (secondary N) is 1. The zero-order chi connectivity index (χ0) is 10.8. The molecule has 1 heterocycles. The summed E-state index contributed by atoms with van der Waals surface area (Å²) in [5, 5.41) is 0. The number of ether oxygens (including phenoxy) is 1. The van der Waals surface area contributed by atoms with Gasteiger partial charge in [0.25, 0.3) is 0 Å². The van der Waals surface area contributed by atoms with E-state index in [0.717, 1.165) is 0 Å². The van der Waals surface area contributed by atoms with Crippen molar-refractivity contribution in [2.45, 2.75) is 31.4 Å². The Balaban J connectivity index is 2.95. The van der Waals surface area contributed by atoms with Crippen LogP contribution in [-0.2, 0) is 19.6 Å². The van der Waals surface area contributed by atoms with Crippen LogP contribution in [0, 0.1) is 0 Å². The van der Waals surface area contributed by atoms with E-state index in [2.05, 4.69) is 4.72 Å². The number of carbonyl (C=O) groups is 1. The Labute approximate surface area is 83.9 Å². The number of hydrogen-bond acceptors (Lipinski definition) is 4. The van der Waals surface area contributed by atoms with Gasteiger partial charge in [-0.3, -0.25) is 4.79 Å². The van der Waals surface area contributed by atoms with E-state index >= 15 is 0 Å². The average molecular weight is 221 g/mol. The molecule has 0 saturated carbocycles. The highest BCUT2D eigenvalue weighted by molar-refractivity contribution is 7.91. The first-order valence-corrected chi connectivity index (χ1v) is 6.09. The molecule has 0 aromatic heterocycles. The van der Waals surface area contributed by atoms with Crippen LogP contribution >= 0.6 is 0 Å². The Hall–Kier alpha value is -0.620. The molecule has 1 aliphatic heterocycles. The monoisotopic (exact) mass is 221 g/mol. The third-order valence-corrected chi connectivity index (χ3v) is 4.56. The number of esters is 1. The summed E-state index contributed by atoms with van der Waals surface area (Å²) < 4.78 is 28.9. The van der Waals surface area contributed by atoms with Crippen LogP contribution in [0.25, 0.3) is 0 Å². The summed E-state index contributed by atoms with van der Waals surface area (Å²) in [4.78, 5) is 11.5. The molecule has 1 atom stereocenters. The van der Waals surface area contributed by atoms with Crippen molar-refractivity contribution < 1.29 is 17.9 Å². The molecule has 0 amide bonds. The molecule has 1 rings (SSSR count). The van der Waals surface area contributed by atoms with E-state index in [1.807, 2.05) is 0 Å². The molecule has 14 heavy (non-hydrogen) atoms. The molecule has 0 bridgehead atoms. The van der Waals surface area contributed by atoms with Crippen LogP contribution in [0.2, 0.25) is 0 Å². The topological polar surface area (TPSA) is 72.5 Å². The summed E-state index contributed by atoms with van der Waals surface area (Å²) in [6.07, 6.45) is 0.982. The molecule has 0 spiro atoms. The molecule has 0 aromatic carbocycles. The van der Waals surface area contributed by atoms with E-state index in [1.54, 1.807) is 6.92 Å². The highest BCUT2D eigenvalue weighted by Gasteiger charge is 2.49. The fourth-order valence-corrected chi connectivity index (χ4v) is 2.84. The third kappa shape index (κ3) is 1.76. The Bertz CT molecular complexity index is 324. The SMILES string of the molecule is CCOC(=O)C1(C)CCCNS1(=O)=O. The first-order valence-electron chi connectivity index (χ1n) is 4.60. The maximum absolute atomic E-state index is 11.6. The number of sulfonamides is 1. The maximum atomic E-state index is 11.6. The molecule has 1 unspecified atom stereocenters. The second-order valence-electron chi connectivity index (χ2n) is 3.45. The molecular weight excluding hydrogens is 206 g/mol. The van der Waals surface area contributed by atoms with Crippen LogP contribution in [0.3, 0.4) is 0 Å². The van der Waals surface area contributed by atoms with E-state index in [1.165, 1.54) is 6.92 Å². The quantitative estimate of drug-likeness (QED) is 0.667. The molecular formula is C8H15NO4S. The van der Waals surface area contributed by atoms with E-state index in [9.17, 15) is 13.2 Å². The smallest absolute Gasteiger partial charge is 0.328 e.